The molecule has 0 heterocycles. The molecule has 43 heavy (non-hydrogen) atoms. The molecule has 2 N–H and O–H groups in total. The zero-order chi connectivity index (χ0) is 30.1. The third-order valence-electron chi connectivity index (χ3n) is 9.76. The normalized spacial score (nSPS) is 13.2. The van der Waals surface area contributed by atoms with E-state index in [-0.39, 0.29) is 5.41 Å². The van der Waals surface area contributed by atoms with Crippen molar-refractivity contribution in [1.82, 2.24) is 0 Å². The summed E-state index contributed by atoms with van der Waals surface area (Å²) in [5, 5.41) is 0. The summed E-state index contributed by atoms with van der Waals surface area (Å²) in [7, 11) is 6.06. The molecule has 5 rings (SSSR count). The predicted octanol–water partition coefficient (Wildman–Crippen LogP) is 11.2. The van der Waals surface area contributed by atoms with Gasteiger partial charge in [-0.15, -0.1) is 0 Å². The van der Waals surface area contributed by atoms with E-state index >= 15 is 0 Å². The Balaban J connectivity index is 1.56. The average Bonchev–Trinajstić information content (AvgIpc) is 3.29. The van der Waals surface area contributed by atoms with Crippen molar-refractivity contribution >= 4 is 19.0 Å². The van der Waals surface area contributed by atoms with Crippen LogP contribution >= 0.6 is 0 Å². The third-order valence-corrected chi connectivity index (χ3v) is 9.76. The Labute approximate surface area is 262 Å². The van der Waals surface area contributed by atoms with E-state index in [2.05, 4.69) is 74.5 Å². The number of benzene rings is 4. The molecule has 2 radical (unpaired) electrons. The Morgan fingerprint density at radius 3 is 1.35 bits per heavy atom. The van der Waals surface area contributed by atoms with Gasteiger partial charge in [-0.1, -0.05) is 157 Å². The van der Waals surface area contributed by atoms with Crippen molar-refractivity contribution < 1.29 is 0 Å². The Kier molecular flexibility index (Phi) is 10.8. The van der Waals surface area contributed by atoms with Gasteiger partial charge in [-0.3, -0.25) is 0 Å². The lowest BCUT2D eigenvalue weighted by molar-refractivity contribution is 0.398. The van der Waals surface area contributed by atoms with Crippen molar-refractivity contribution in [2.45, 2.75) is 109 Å². The molecule has 4 aromatic carbocycles. The first-order valence-corrected chi connectivity index (χ1v) is 17.1. The van der Waals surface area contributed by atoms with Crippen LogP contribution in [0.25, 0.3) is 33.4 Å². The van der Waals surface area contributed by atoms with Crippen molar-refractivity contribution in [1.29, 1.82) is 0 Å². The summed E-state index contributed by atoms with van der Waals surface area (Å²) in [5.74, 6) is 0. The lowest BCUT2D eigenvalue weighted by atomic mass is 9.70. The minimum Gasteiger partial charge on any atom is -0.399 e. The maximum absolute atomic E-state index is 6.06. The first-order chi connectivity index (χ1) is 21.1. The fraction of sp³-hybridized carbons (Fsp3) is 0.415. The van der Waals surface area contributed by atoms with Gasteiger partial charge in [-0.25, -0.2) is 0 Å². The summed E-state index contributed by atoms with van der Waals surface area (Å²) in [6, 6.07) is 31.2. The van der Waals surface area contributed by atoms with Gasteiger partial charge in [0.25, 0.3) is 0 Å². The molecule has 0 saturated carbocycles. The van der Waals surface area contributed by atoms with E-state index in [0.717, 1.165) is 11.2 Å². The molecule has 0 amide bonds. The van der Waals surface area contributed by atoms with E-state index in [4.69, 9.17) is 13.6 Å². The average molecular weight is 568 g/mol. The number of anilines is 1. The molecule has 222 valence electrons. The lowest BCUT2D eigenvalue weighted by Gasteiger charge is -2.33. The molecule has 0 fully saturated rings. The second-order valence-electron chi connectivity index (χ2n) is 12.9. The van der Waals surface area contributed by atoms with Crippen LogP contribution in [0.1, 0.15) is 115 Å². The minimum absolute atomic E-state index is 0.0355. The Morgan fingerprint density at radius 2 is 0.884 bits per heavy atom. The van der Waals surface area contributed by atoms with E-state index in [1.54, 1.807) is 0 Å². The largest absolute Gasteiger partial charge is 0.399 e. The fourth-order valence-corrected chi connectivity index (χ4v) is 7.28. The van der Waals surface area contributed by atoms with Crippen molar-refractivity contribution in [2.75, 3.05) is 5.73 Å². The van der Waals surface area contributed by atoms with Crippen LogP contribution in [0, 0.1) is 0 Å². The molecular formula is C41H50BN. The maximum Gasteiger partial charge on any atom is 0.113 e. The molecular weight excluding hydrogens is 517 g/mol. The van der Waals surface area contributed by atoms with Gasteiger partial charge in [0.2, 0.25) is 0 Å². The SMILES string of the molecule is [B]c1ccc(-c2ccc3c(c2)C(CCCCCCCC)(CCCCCCCC)c2cc(-c4ccc(N)cc4)ccc2-3)cc1. The fourth-order valence-electron chi connectivity index (χ4n) is 7.28. The minimum atomic E-state index is 0.0355. The van der Waals surface area contributed by atoms with E-state index < -0.39 is 0 Å². The van der Waals surface area contributed by atoms with Gasteiger partial charge in [-0.2, -0.15) is 0 Å². The van der Waals surface area contributed by atoms with Gasteiger partial charge < -0.3 is 5.73 Å². The van der Waals surface area contributed by atoms with Gasteiger partial charge in [0.05, 0.1) is 0 Å². The molecule has 0 unspecified atom stereocenters. The molecule has 1 aliphatic rings. The summed E-state index contributed by atoms with van der Waals surface area (Å²) in [4.78, 5) is 0. The molecule has 2 heteroatoms. The van der Waals surface area contributed by atoms with Crippen LogP contribution in [0.5, 0.6) is 0 Å². The van der Waals surface area contributed by atoms with Crippen LogP contribution < -0.4 is 11.2 Å². The topological polar surface area (TPSA) is 26.0 Å². The van der Waals surface area contributed by atoms with Crippen LogP contribution in [0.3, 0.4) is 0 Å². The number of hydrogen-bond acceptors (Lipinski definition) is 1. The van der Waals surface area contributed by atoms with Gasteiger partial charge in [0, 0.05) is 11.1 Å². The number of nitrogens with two attached hydrogens (primary N) is 1. The van der Waals surface area contributed by atoms with Crippen LogP contribution in [0.2, 0.25) is 0 Å². The predicted molar refractivity (Wildman–Crippen MR) is 189 cm³/mol. The molecule has 1 nitrogen and oxygen atoms in total. The summed E-state index contributed by atoms with van der Waals surface area (Å²) >= 11 is 0. The van der Waals surface area contributed by atoms with Crippen LogP contribution in [-0.4, -0.2) is 7.85 Å². The third kappa shape index (κ3) is 7.28. The van der Waals surface area contributed by atoms with Crippen molar-refractivity contribution in [3.63, 3.8) is 0 Å². The first-order valence-electron chi connectivity index (χ1n) is 17.1. The molecule has 0 atom stereocenters. The molecule has 0 bridgehead atoms. The summed E-state index contributed by atoms with van der Waals surface area (Å²) in [6.45, 7) is 4.61. The maximum atomic E-state index is 6.06. The Morgan fingerprint density at radius 1 is 0.488 bits per heavy atom. The number of unbranched alkanes of at least 4 members (excludes halogenated alkanes) is 10. The van der Waals surface area contributed by atoms with Crippen molar-refractivity contribution in [2.24, 2.45) is 0 Å². The zero-order valence-electron chi connectivity index (χ0n) is 26.6. The monoisotopic (exact) mass is 567 g/mol. The smallest absolute Gasteiger partial charge is 0.113 e. The highest BCUT2D eigenvalue weighted by Gasteiger charge is 2.42. The van der Waals surface area contributed by atoms with Crippen molar-refractivity contribution in [3.05, 3.63) is 96.1 Å². The number of hydrogen-bond donors (Lipinski definition) is 1. The molecule has 0 saturated heterocycles. The van der Waals surface area contributed by atoms with Gasteiger partial charge in [0.15, 0.2) is 0 Å². The first kappa shape index (κ1) is 31.2. The second-order valence-corrected chi connectivity index (χ2v) is 12.9. The van der Waals surface area contributed by atoms with Gasteiger partial charge in [0.1, 0.15) is 7.85 Å². The highest BCUT2D eigenvalue weighted by Crippen LogP contribution is 2.55. The number of fused-ring (bicyclic) bond motifs is 3. The molecule has 0 aliphatic heterocycles. The zero-order valence-corrected chi connectivity index (χ0v) is 26.6. The number of rotatable bonds is 16. The highest BCUT2D eigenvalue weighted by atomic mass is 14.5. The lowest BCUT2D eigenvalue weighted by Crippen LogP contribution is -2.25. The summed E-state index contributed by atoms with van der Waals surface area (Å²) < 4.78 is 0. The molecule has 1 aliphatic carbocycles. The summed E-state index contributed by atoms with van der Waals surface area (Å²) in [5.41, 5.74) is 18.7. The van der Waals surface area contributed by atoms with Gasteiger partial charge >= 0.3 is 0 Å². The molecule has 0 spiro atoms. The second kappa shape index (κ2) is 15.0. The van der Waals surface area contributed by atoms with E-state index in [0.29, 0.717) is 0 Å². The van der Waals surface area contributed by atoms with Crippen LogP contribution in [-0.2, 0) is 5.41 Å². The van der Waals surface area contributed by atoms with E-state index in [1.165, 1.54) is 134 Å². The van der Waals surface area contributed by atoms with Gasteiger partial charge in [-0.05, 0) is 81.6 Å². The Hall–Kier alpha value is -3.26. The quantitative estimate of drug-likeness (QED) is 0.0813. The van der Waals surface area contributed by atoms with Crippen LogP contribution in [0.15, 0.2) is 84.9 Å². The van der Waals surface area contributed by atoms with E-state index in [9.17, 15) is 0 Å². The number of nitrogen functional groups attached to an aromatic ring is 1. The van der Waals surface area contributed by atoms with Crippen molar-refractivity contribution in [3.8, 4) is 33.4 Å². The van der Waals surface area contributed by atoms with E-state index in [1.807, 2.05) is 24.3 Å². The summed E-state index contributed by atoms with van der Waals surface area (Å²) in [6.07, 6.45) is 18.3. The molecule has 0 aromatic heterocycles. The Bertz CT molecular complexity index is 1340. The standard InChI is InChI=1S/C41H50BN/c1-3-5-7-9-11-13-27-41(28-14-12-10-8-6-4-2)39-29-33(31-15-21-35(42)22-16-31)19-25-37(39)38-26-20-34(30-40(38)41)32-17-23-36(43)24-18-32/h15-26,29-30H,3-14,27-28,43H2,1-2H3. The van der Waals surface area contributed by atoms with Crippen LogP contribution in [0.4, 0.5) is 5.69 Å². The highest BCUT2D eigenvalue weighted by molar-refractivity contribution is 6.32. The molecule has 4 aromatic rings.